The molecule has 1 atom stereocenters. The molecule has 26 heavy (non-hydrogen) atoms. The molecule has 5 heteroatoms. The minimum atomic E-state index is -0.510. The summed E-state index contributed by atoms with van der Waals surface area (Å²) in [6.45, 7) is 8.33. The predicted octanol–water partition coefficient (Wildman–Crippen LogP) is 1.59. The van der Waals surface area contributed by atoms with Gasteiger partial charge in [0, 0.05) is 0 Å². The van der Waals surface area contributed by atoms with Crippen LogP contribution in [-0.2, 0) is 0 Å². The zero-order valence-electron chi connectivity index (χ0n) is 15.5. The van der Waals surface area contributed by atoms with E-state index < -0.39 is 6.10 Å². The van der Waals surface area contributed by atoms with Gasteiger partial charge in [0.2, 0.25) is 0 Å². The predicted molar refractivity (Wildman–Crippen MR) is 102 cm³/mol. The molecule has 4 nitrogen and oxygen atoms in total. The highest BCUT2D eigenvalue weighted by Crippen LogP contribution is 2.22. The standard InChI is InChI=1S/C21H27FN2O2/c1-16-6-5-7-17(2)21(16)26-15-18(25)14-23-10-12-24(13-11-23)20-9-4-3-8-19(20)22/h3-9,18,25H,10-15H2,1-2H3/p+1. The summed E-state index contributed by atoms with van der Waals surface area (Å²) in [5.74, 6) is 0.698. The number of hydrogen-bond donors (Lipinski definition) is 2. The number of aryl methyl sites for hydroxylation is 2. The van der Waals surface area contributed by atoms with E-state index in [9.17, 15) is 9.50 Å². The molecule has 0 spiro atoms. The van der Waals surface area contributed by atoms with Crippen molar-refractivity contribution in [2.75, 3.05) is 44.2 Å². The number of benzene rings is 2. The van der Waals surface area contributed by atoms with E-state index in [4.69, 9.17) is 4.74 Å². The Kier molecular flexibility index (Phi) is 6.12. The first-order chi connectivity index (χ1) is 12.5. The van der Waals surface area contributed by atoms with E-state index in [-0.39, 0.29) is 5.82 Å². The fourth-order valence-corrected chi connectivity index (χ4v) is 3.57. The molecule has 140 valence electrons. The molecule has 1 saturated heterocycles. The summed E-state index contributed by atoms with van der Waals surface area (Å²) in [6, 6.07) is 13.0. The summed E-state index contributed by atoms with van der Waals surface area (Å²) in [6.07, 6.45) is -0.510. The molecule has 2 N–H and O–H groups in total. The second kappa shape index (κ2) is 8.52. The van der Waals surface area contributed by atoms with Crippen LogP contribution in [0.15, 0.2) is 42.5 Å². The van der Waals surface area contributed by atoms with Gasteiger partial charge < -0.3 is 19.6 Å². The largest absolute Gasteiger partial charge is 0.490 e. The van der Waals surface area contributed by atoms with Crippen molar-refractivity contribution in [3.05, 3.63) is 59.4 Å². The van der Waals surface area contributed by atoms with Crippen molar-refractivity contribution in [1.82, 2.24) is 0 Å². The van der Waals surface area contributed by atoms with Crippen molar-refractivity contribution in [1.29, 1.82) is 0 Å². The Morgan fingerprint density at radius 3 is 2.38 bits per heavy atom. The van der Waals surface area contributed by atoms with Gasteiger partial charge >= 0.3 is 0 Å². The van der Waals surface area contributed by atoms with Gasteiger partial charge in [-0.3, -0.25) is 0 Å². The van der Waals surface area contributed by atoms with E-state index in [0.717, 1.165) is 43.1 Å². The summed E-state index contributed by atoms with van der Waals surface area (Å²) < 4.78 is 19.8. The molecular weight excluding hydrogens is 331 g/mol. The van der Waals surface area contributed by atoms with Crippen molar-refractivity contribution in [3.63, 3.8) is 0 Å². The third-order valence-electron chi connectivity index (χ3n) is 5.02. The first-order valence-electron chi connectivity index (χ1n) is 9.24. The highest BCUT2D eigenvalue weighted by molar-refractivity contribution is 5.47. The number of para-hydroxylation sites is 2. The lowest BCUT2D eigenvalue weighted by atomic mass is 10.1. The quantitative estimate of drug-likeness (QED) is 0.823. The van der Waals surface area contributed by atoms with Gasteiger partial charge in [-0.15, -0.1) is 0 Å². The fourth-order valence-electron chi connectivity index (χ4n) is 3.57. The van der Waals surface area contributed by atoms with Crippen LogP contribution in [-0.4, -0.2) is 50.5 Å². The third kappa shape index (κ3) is 4.54. The lowest BCUT2D eigenvalue weighted by Gasteiger charge is -2.34. The average Bonchev–Trinajstić information content (AvgIpc) is 2.62. The van der Waals surface area contributed by atoms with Gasteiger partial charge in [0.25, 0.3) is 0 Å². The van der Waals surface area contributed by atoms with E-state index in [0.29, 0.717) is 18.8 Å². The van der Waals surface area contributed by atoms with Crippen molar-refractivity contribution in [2.24, 2.45) is 0 Å². The molecule has 1 unspecified atom stereocenters. The fraction of sp³-hybridized carbons (Fsp3) is 0.429. The van der Waals surface area contributed by atoms with E-state index in [2.05, 4.69) is 4.90 Å². The molecule has 0 aromatic heterocycles. The smallest absolute Gasteiger partial charge is 0.146 e. The molecule has 0 amide bonds. The molecule has 1 aliphatic heterocycles. The average molecular weight is 359 g/mol. The van der Waals surface area contributed by atoms with Gasteiger partial charge in [0.05, 0.1) is 31.9 Å². The lowest BCUT2D eigenvalue weighted by Crippen LogP contribution is -3.16. The number of halogens is 1. The van der Waals surface area contributed by atoms with Crippen LogP contribution >= 0.6 is 0 Å². The summed E-state index contributed by atoms with van der Waals surface area (Å²) in [5, 5.41) is 10.4. The van der Waals surface area contributed by atoms with E-state index in [1.807, 2.05) is 44.2 Å². The van der Waals surface area contributed by atoms with Crippen molar-refractivity contribution in [2.45, 2.75) is 20.0 Å². The number of quaternary nitrogens is 1. The van der Waals surface area contributed by atoms with Gasteiger partial charge in [0.1, 0.15) is 30.8 Å². The Balaban J connectivity index is 1.46. The Morgan fingerprint density at radius 1 is 1.08 bits per heavy atom. The van der Waals surface area contributed by atoms with Crippen LogP contribution < -0.4 is 14.5 Å². The first kappa shape index (κ1) is 18.7. The second-order valence-electron chi connectivity index (χ2n) is 7.08. The molecule has 2 aromatic rings. The molecule has 1 heterocycles. The lowest BCUT2D eigenvalue weighted by molar-refractivity contribution is -0.903. The number of ether oxygens (including phenoxy) is 1. The molecule has 1 aliphatic rings. The highest BCUT2D eigenvalue weighted by atomic mass is 19.1. The van der Waals surface area contributed by atoms with Crippen molar-refractivity contribution < 1.29 is 19.1 Å². The Morgan fingerprint density at radius 2 is 1.73 bits per heavy atom. The maximum Gasteiger partial charge on any atom is 0.146 e. The Bertz CT molecular complexity index is 709. The number of rotatable bonds is 6. The van der Waals surface area contributed by atoms with Gasteiger partial charge in [0.15, 0.2) is 0 Å². The zero-order chi connectivity index (χ0) is 18.5. The number of nitrogens with zero attached hydrogens (tertiary/aromatic N) is 1. The molecule has 3 rings (SSSR count). The number of nitrogens with one attached hydrogen (secondary N) is 1. The van der Waals surface area contributed by atoms with Crippen LogP contribution in [0.25, 0.3) is 0 Å². The summed E-state index contributed by atoms with van der Waals surface area (Å²) in [5.41, 5.74) is 2.84. The van der Waals surface area contributed by atoms with Gasteiger partial charge in [-0.05, 0) is 37.1 Å². The summed E-state index contributed by atoms with van der Waals surface area (Å²) >= 11 is 0. The molecule has 0 aliphatic carbocycles. The van der Waals surface area contributed by atoms with Crippen LogP contribution in [0, 0.1) is 19.7 Å². The maximum absolute atomic E-state index is 13.9. The number of aliphatic hydroxyl groups is 1. The number of piperazine rings is 1. The van der Waals surface area contributed by atoms with Crippen LogP contribution in [0.5, 0.6) is 5.75 Å². The van der Waals surface area contributed by atoms with Crippen molar-refractivity contribution >= 4 is 5.69 Å². The Hall–Kier alpha value is -2.11. The minimum absolute atomic E-state index is 0.169. The van der Waals surface area contributed by atoms with Gasteiger partial charge in [-0.25, -0.2) is 4.39 Å². The summed E-state index contributed by atoms with van der Waals surface area (Å²) in [4.78, 5) is 3.41. The molecule has 0 radical (unpaired) electrons. The van der Waals surface area contributed by atoms with E-state index >= 15 is 0 Å². The van der Waals surface area contributed by atoms with E-state index in [1.165, 1.54) is 11.0 Å². The normalized spacial score (nSPS) is 16.5. The van der Waals surface area contributed by atoms with Crippen molar-refractivity contribution in [3.8, 4) is 5.75 Å². The minimum Gasteiger partial charge on any atom is -0.490 e. The topological polar surface area (TPSA) is 37.1 Å². The number of hydrogen-bond acceptors (Lipinski definition) is 3. The maximum atomic E-state index is 13.9. The molecule has 2 aromatic carbocycles. The molecule has 1 fully saturated rings. The number of aliphatic hydroxyl groups excluding tert-OH is 1. The second-order valence-corrected chi connectivity index (χ2v) is 7.08. The number of anilines is 1. The van der Waals surface area contributed by atoms with E-state index in [1.54, 1.807) is 6.07 Å². The molecule has 0 bridgehead atoms. The monoisotopic (exact) mass is 359 g/mol. The van der Waals surface area contributed by atoms with Crippen LogP contribution in [0.2, 0.25) is 0 Å². The molecular formula is C21H28FN2O2+. The first-order valence-corrected chi connectivity index (χ1v) is 9.24. The Labute approximate surface area is 154 Å². The highest BCUT2D eigenvalue weighted by Gasteiger charge is 2.24. The van der Waals surface area contributed by atoms with Crippen LogP contribution in [0.4, 0.5) is 10.1 Å². The van der Waals surface area contributed by atoms with Gasteiger partial charge in [-0.1, -0.05) is 30.3 Å². The van der Waals surface area contributed by atoms with Crippen LogP contribution in [0.3, 0.4) is 0 Å². The molecule has 0 saturated carbocycles. The van der Waals surface area contributed by atoms with Gasteiger partial charge in [-0.2, -0.15) is 0 Å². The summed E-state index contributed by atoms with van der Waals surface area (Å²) in [7, 11) is 0. The SMILES string of the molecule is Cc1cccc(C)c1OCC(O)C[NH+]1CCN(c2ccccc2F)CC1. The van der Waals surface area contributed by atoms with Crippen LogP contribution in [0.1, 0.15) is 11.1 Å². The third-order valence-corrected chi connectivity index (χ3v) is 5.02. The zero-order valence-corrected chi connectivity index (χ0v) is 15.5.